The van der Waals surface area contributed by atoms with E-state index in [1.807, 2.05) is 60.6 Å². The molecule has 1 rings (SSSR count). The molecule has 0 aromatic rings. The van der Waals surface area contributed by atoms with Gasteiger partial charge in [0.05, 0.1) is 0 Å². The van der Waals surface area contributed by atoms with Crippen LogP contribution in [0.15, 0.2) is 60.5 Å². The topological polar surface area (TPSA) is 43.4 Å². The minimum Gasteiger partial charge on any atom is -0.679 e. The summed E-state index contributed by atoms with van der Waals surface area (Å²) in [6.45, 7) is 26.2. The standard InChI is InChI=1S/C15H21N2.3C2H6.CH5N.Ru/c1-5-9-10-17-12-13(6-2)15(8-4)16-11-14(17)7-3;4*1-2;/h5-9H,2,4,10-12H2,1,3H3;3*1-2H3;2H2,1H3;/q-1;;;;;+1/b9-5-,14-7-;;;;;. The van der Waals surface area contributed by atoms with Gasteiger partial charge in [-0.2, -0.15) is 0 Å². The molecular formula is C22H44N3Ru. The maximum atomic E-state index is 4.56. The van der Waals surface area contributed by atoms with Crippen molar-refractivity contribution in [1.29, 1.82) is 0 Å². The van der Waals surface area contributed by atoms with Gasteiger partial charge in [-0.1, -0.05) is 85.0 Å². The van der Waals surface area contributed by atoms with Crippen LogP contribution in [0.25, 0.3) is 5.32 Å². The van der Waals surface area contributed by atoms with Crippen LogP contribution < -0.4 is 5.73 Å². The maximum absolute atomic E-state index is 4.56. The van der Waals surface area contributed by atoms with Gasteiger partial charge in [-0.05, 0) is 32.2 Å². The smallest absolute Gasteiger partial charge is 0.679 e. The quantitative estimate of drug-likeness (QED) is 0.395. The Balaban J connectivity index is -0.000000144. The van der Waals surface area contributed by atoms with Gasteiger partial charge in [-0.3, -0.25) is 0 Å². The van der Waals surface area contributed by atoms with E-state index in [0.29, 0.717) is 6.54 Å². The number of hydrogen-bond donors (Lipinski definition) is 1. The van der Waals surface area contributed by atoms with Gasteiger partial charge in [0.1, 0.15) is 0 Å². The van der Waals surface area contributed by atoms with Crippen molar-refractivity contribution >= 4 is 0 Å². The van der Waals surface area contributed by atoms with Gasteiger partial charge < -0.3 is 16.0 Å². The SMILES string of the molecule is C=CC1=C(C=C)[N-]C/C(=C/C)N(C/C=C\C)C1.CC.CC.CC.CN.[Ru+]. The van der Waals surface area contributed by atoms with Gasteiger partial charge >= 0.3 is 19.5 Å². The number of rotatable bonds is 4. The molecule has 0 spiro atoms. The van der Waals surface area contributed by atoms with Gasteiger partial charge in [0.2, 0.25) is 0 Å². The van der Waals surface area contributed by atoms with E-state index in [9.17, 15) is 0 Å². The Morgan fingerprint density at radius 2 is 1.50 bits per heavy atom. The van der Waals surface area contributed by atoms with Gasteiger partial charge in [-0.25, -0.2) is 0 Å². The fourth-order valence-electron chi connectivity index (χ4n) is 1.81. The summed E-state index contributed by atoms with van der Waals surface area (Å²) in [4.78, 5) is 2.32. The number of nitrogens with zero attached hydrogens (tertiary/aromatic N) is 2. The van der Waals surface area contributed by atoms with E-state index in [0.717, 1.165) is 24.4 Å². The van der Waals surface area contributed by atoms with Crippen LogP contribution in [0.2, 0.25) is 0 Å². The molecule has 0 saturated carbocycles. The number of allylic oxidation sites excluding steroid dienone is 3. The van der Waals surface area contributed by atoms with Crippen molar-refractivity contribution in [3.05, 3.63) is 65.8 Å². The molecule has 0 aliphatic carbocycles. The van der Waals surface area contributed by atoms with Crippen molar-refractivity contribution in [1.82, 2.24) is 4.90 Å². The van der Waals surface area contributed by atoms with Crippen molar-refractivity contribution in [3.63, 3.8) is 0 Å². The zero-order chi connectivity index (χ0) is 20.7. The predicted octanol–water partition coefficient (Wildman–Crippen LogP) is 6.43. The van der Waals surface area contributed by atoms with Crippen molar-refractivity contribution in [3.8, 4) is 0 Å². The van der Waals surface area contributed by atoms with Crippen LogP contribution in [0.3, 0.4) is 0 Å². The zero-order valence-corrected chi connectivity index (χ0v) is 20.5. The summed E-state index contributed by atoms with van der Waals surface area (Å²) in [7, 11) is 1.50. The second-order valence-corrected chi connectivity index (χ2v) is 3.86. The first-order valence-corrected chi connectivity index (χ1v) is 9.51. The van der Waals surface area contributed by atoms with Crippen molar-refractivity contribution in [2.24, 2.45) is 5.73 Å². The fraction of sp³-hybridized carbons (Fsp3) is 0.545. The third-order valence-electron chi connectivity index (χ3n) is 2.84. The van der Waals surface area contributed by atoms with Crippen LogP contribution in [0.4, 0.5) is 0 Å². The summed E-state index contributed by atoms with van der Waals surface area (Å²) < 4.78 is 0. The molecular weight excluding hydrogens is 407 g/mol. The van der Waals surface area contributed by atoms with E-state index in [1.54, 1.807) is 0 Å². The van der Waals surface area contributed by atoms with E-state index in [4.69, 9.17) is 0 Å². The van der Waals surface area contributed by atoms with Crippen LogP contribution in [0.5, 0.6) is 0 Å². The predicted molar refractivity (Wildman–Crippen MR) is 120 cm³/mol. The van der Waals surface area contributed by atoms with E-state index in [1.165, 1.54) is 12.7 Å². The van der Waals surface area contributed by atoms with Crippen LogP contribution >= 0.6 is 0 Å². The molecule has 1 aliphatic heterocycles. The molecule has 0 atom stereocenters. The first-order chi connectivity index (χ1) is 12.3. The molecule has 0 aromatic heterocycles. The molecule has 26 heavy (non-hydrogen) atoms. The molecule has 0 amide bonds. The van der Waals surface area contributed by atoms with Crippen molar-refractivity contribution in [2.45, 2.75) is 55.4 Å². The molecule has 0 saturated heterocycles. The van der Waals surface area contributed by atoms with Crippen molar-refractivity contribution in [2.75, 3.05) is 26.7 Å². The van der Waals surface area contributed by atoms with Crippen LogP contribution in [0, 0.1) is 0 Å². The van der Waals surface area contributed by atoms with Gasteiger partial charge in [-0.15, -0.1) is 12.3 Å². The first kappa shape index (κ1) is 35.9. The third kappa shape index (κ3) is 16.4. The molecule has 0 aromatic carbocycles. The minimum absolute atomic E-state index is 0. The molecule has 0 fully saturated rings. The summed E-state index contributed by atoms with van der Waals surface area (Å²) in [5, 5.41) is 4.56. The molecule has 0 unspecified atom stereocenters. The van der Waals surface area contributed by atoms with Crippen LogP contribution in [-0.4, -0.2) is 31.6 Å². The largest absolute Gasteiger partial charge is 1.00 e. The van der Waals surface area contributed by atoms with Crippen molar-refractivity contribution < 1.29 is 19.5 Å². The van der Waals surface area contributed by atoms with Gasteiger partial charge in [0.25, 0.3) is 0 Å². The van der Waals surface area contributed by atoms with Crippen LogP contribution in [-0.2, 0) is 19.5 Å². The molecule has 1 aliphatic rings. The average molecular weight is 452 g/mol. The Hall–Kier alpha value is -1.12. The maximum Gasteiger partial charge on any atom is 1.00 e. The Morgan fingerprint density at radius 1 is 1.00 bits per heavy atom. The normalized spacial score (nSPS) is 13.6. The number of hydrogen-bond acceptors (Lipinski definition) is 2. The molecule has 0 bridgehead atoms. The molecule has 3 nitrogen and oxygen atoms in total. The molecule has 4 heteroatoms. The molecule has 1 heterocycles. The first-order valence-electron chi connectivity index (χ1n) is 9.51. The fourth-order valence-corrected chi connectivity index (χ4v) is 1.81. The van der Waals surface area contributed by atoms with Gasteiger partial charge in [0.15, 0.2) is 0 Å². The monoisotopic (exact) mass is 452 g/mol. The van der Waals surface area contributed by atoms with E-state index < -0.39 is 0 Å². The minimum atomic E-state index is 0. The second kappa shape index (κ2) is 31.6. The average Bonchev–Trinajstić information content (AvgIpc) is 2.90. The molecule has 2 N–H and O–H groups in total. The number of nitrogens with two attached hydrogens (primary N) is 1. The Labute approximate surface area is 178 Å². The Morgan fingerprint density at radius 3 is 1.85 bits per heavy atom. The summed E-state index contributed by atoms with van der Waals surface area (Å²) in [5.74, 6) is 0. The van der Waals surface area contributed by atoms with E-state index >= 15 is 0 Å². The Kier molecular flexibility index (Phi) is 43.7. The van der Waals surface area contributed by atoms with E-state index in [-0.39, 0.29) is 19.5 Å². The zero-order valence-electron chi connectivity index (χ0n) is 18.7. The third-order valence-corrected chi connectivity index (χ3v) is 2.84. The van der Waals surface area contributed by atoms with E-state index in [2.05, 4.69) is 54.3 Å². The summed E-state index contributed by atoms with van der Waals surface area (Å²) in [6, 6.07) is 0. The Bertz CT molecular complexity index is 383. The van der Waals surface area contributed by atoms with Gasteiger partial charge in [0, 0.05) is 13.1 Å². The second-order valence-electron chi connectivity index (χ2n) is 3.86. The summed E-state index contributed by atoms with van der Waals surface area (Å²) >= 11 is 0. The molecule has 1 radical (unpaired) electrons. The van der Waals surface area contributed by atoms with Crippen LogP contribution in [0.1, 0.15) is 55.4 Å². The summed E-state index contributed by atoms with van der Waals surface area (Å²) in [5.41, 5.74) is 7.85. The molecule has 155 valence electrons. The summed E-state index contributed by atoms with van der Waals surface area (Å²) in [6.07, 6.45) is 10.0.